The highest BCUT2D eigenvalue weighted by Crippen LogP contribution is 2.37. The fourth-order valence-corrected chi connectivity index (χ4v) is 9.84. The predicted octanol–water partition coefficient (Wildman–Crippen LogP) is 3.14. The lowest BCUT2D eigenvalue weighted by Gasteiger charge is -2.37. The average Bonchev–Trinajstić information content (AvgIpc) is 3.84. The molecule has 3 saturated heterocycles. The third kappa shape index (κ3) is 10.7. The van der Waals surface area contributed by atoms with Crippen molar-refractivity contribution in [1.29, 1.82) is 0 Å². The monoisotopic (exact) mass is 967 g/mol. The molecule has 1 unspecified atom stereocenters. The molecule has 4 aromatic rings. The molecule has 362 valence electrons. The number of imide groups is 2. The maximum absolute atomic E-state index is 15.3. The fourth-order valence-electron chi connectivity index (χ4n) is 8.80. The van der Waals surface area contributed by atoms with Crippen LogP contribution < -0.4 is 20.3 Å². The second-order valence-corrected chi connectivity index (χ2v) is 19.7. The molecule has 2 aromatic heterocycles. The number of carbonyl (C=O) groups excluding carboxylic acids is 5. The van der Waals surface area contributed by atoms with Crippen molar-refractivity contribution in [3.63, 3.8) is 0 Å². The highest BCUT2D eigenvalue weighted by atomic mass is 32.2. The number of carbonyl (C=O) groups is 5. The molecule has 2 aromatic carbocycles. The molecule has 0 spiro atoms. The number of fused-ring (bicyclic) bond motifs is 1. The van der Waals surface area contributed by atoms with Crippen LogP contribution in [0.4, 0.5) is 34.9 Å². The molecule has 19 nitrogen and oxygen atoms in total. The number of piperidine rings is 2. The normalized spacial score (nSPS) is 18.9. The molecule has 4 aliphatic heterocycles. The number of piperazine rings is 1. The SMILES string of the molecule is CC(C)(O)Cn1cc(-c2nc(Nc3ccc(S(=O)(=O)NCCN4CCC(CC(=O)N5CCN(c6ccc7c(c6)C(=O)N(C6CCC(=O)NC6=O)C7=O)CC5)CC4)cc3F)ncc2C(F)(F)F)cn1. The second kappa shape index (κ2) is 19.0. The fraction of sp³-hybridized carbons (Fsp3) is 0.455. The largest absolute Gasteiger partial charge is 0.419 e. The molecular formula is C44H49F4N11O8S. The van der Waals surface area contributed by atoms with E-state index in [1.807, 2.05) is 9.80 Å². The van der Waals surface area contributed by atoms with Gasteiger partial charge in [0.25, 0.3) is 11.8 Å². The van der Waals surface area contributed by atoms with E-state index >= 15 is 4.39 Å². The first kappa shape index (κ1) is 48.1. The molecule has 3 fully saturated rings. The number of nitrogens with one attached hydrogen (secondary N) is 3. The molecule has 0 aliphatic carbocycles. The van der Waals surface area contributed by atoms with Crippen LogP contribution in [0.5, 0.6) is 0 Å². The number of alkyl halides is 3. The van der Waals surface area contributed by atoms with E-state index in [2.05, 4.69) is 35.3 Å². The number of nitrogens with zero attached hydrogens (tertiary/aromatic N) is 8. The molecule has 6 heterocycles. The van der Waals surface area contributed by atoms with Gasteiger partial charge in [0, 0.05) is 75.8 Å². The van der Waals surface area contributed by atoms with Crippen LogP contribution in [-0.4, -0.2) is 142 Å². The molecule has 0 radical (unpaired) electrons. The van der Waals surface area contributed by atoms with Gasteiger partial charge in [0.05, 0.1) is 45.7 Å². The Morgan fingerprint density at radius 3 is 2.32 bits per heavy atom. The lowest BCUT2D eigenvalue weighted by molar-refractivity contribution is -0.138. The Morgan fingerprint density at radius 2 is 1.65 bits per heavy atom. The number of likely N-dealkylation sites (tertiary alicyclic amines) is 1. The first-order valence-corrected chi connectivity index (χ1v) is 23.5. The highest BCUT2D eigenvalue weighted by Gasteiger charge is 2.45. The van der Waals surface area contributed by atoms with Crippen LogP contribution in [0.15, 0.2) is 59.9 Å². The Bertz CT molecular complexity index is 2750. The zero-order valence-electron chi connectivity index (χ0n) is 37.1. The third-order valence-electron chi connectivity index (χ3n) is 12.4. The van der Waals surface area contributed by atoms with Gasteiger partial charge in [0.1, 0.15) is 17.4 Å². The number of hydrogen-bond acceptors (Lipinski definition) is 14. The molecule has 68 heavy (non-hydrogen) atoms. The number of rotatable bonds is 14. The number of halogens is 4. The van der Waals surface area contributed by atoms with Crippen LogP contribution in [0.1, 0.15) is 72.2 Å². The Balaban J connectivity index is 0.776. The number of anilines is 3. The van der Waals surface area contributed by atoms with Crippen molar-refractivity contribution < 1.29 is 55.1 Å². The second-order valence-electron chi connectivity index (χ2n) is 17.9. The predicted molar refractivity (Wildman–Crippen MR) is 235 cm³/mol. The molecule has 1 atom stereocenters. The minimum Gasteiger partial charge on any atom is -0.389 e. The summed E-state index contributed by atoms with van der Waals surface area (Å²) >= 11 is 0. The van der Waals surface area contributed by atoms with Crippen molar-refractivity contribution in [2.45, 2.75) is 75.2 Å². The molecule has 4 N–H and O–H groups in total. The molecule has 0 bridgehead atoms. The summed E-state index contributed by atoms with van der Waals surface area (Å²) in [7, 11) is -4.16. The van der Waals surface area contributed by atoms with Crippen LogP contribution in [0.25, 0.3) is 11.3 Å². The van der Waals surface area contributed by atoms with E-state index in [4.69, 9.17) is 0 Å². The summed E-state index contributed by atoms with van der Waals surface area (Å²) in [5, 5.41) is 18.8. The topological polar surface area (TPSA) is 232 Å². The number of aliphatic hydroxyl groups is 1. The summed E-state index contributed by atoms with van der Waals surface area (Å²) < 4.78 is 87.0. The van der Waals surface area contributed by atoms with Crippen LogP contribution in [0.2, 0.25) is 0 Å². The first-order valence-electron chi connectivity index (χ1n) is 22.0. The van der Waals surface area contributed by atoms with Crippen LogP contribution >= 0.6 is 0 Å². The van der Waals surface area contributed by atoms with E-state index in [9.17, 15) is 50.7 Å². The minimum atomic E-state index is -4.84. The summed E-state index contributed by atoms with van der Waals surface area (Å²) in [6, 6.07) is 6.92. The lowest BCUT2D eigenvalue weighted by atomic mass is 9.93. The van der Waals surface area contributed by atoms with Gasteiger partial charge >= 0.3 is 6.18 Å². The summed E-state index contributed by atoms with van der Waals surface area (Å²) in [6.45, 7) is 6.61. The van der Waals surface area contributed by atoms with E-state index in [0.717, 1.165) is 42.1 Å². The molecular weight excluding hydrogens is 919 g/mol. The van der Waals surface area contributed by atoms with Crippen LogP contribution in [0.3, 0.4) is 0 Å². The molecule has 4 aliphatic rings. The zero-order valence-corrected chi connectivity index (χ0v) is 37.9. The number of benzene rings is 2. The number of amides is 5. The Hall–Kier alpha value is -6.37. The number of aromatic nitrogens is 4. The van der Waals surface area contributed by atoms with Gasteiger partial charge in [-0.05, 0) is 88.5 Å². The smallest absolute Gasteiger partial charge is 0.389 e. The standard InChI is InChI=1S/C44H49F4N11O8S/c1-43(2,65)25-58-24-27(22-50-58)38-32(44(46,47)48)23-49-42(54-38)52-34-6-4-29(21-33(34)45)68(66,67)51-11-14-55-12-9-26(10-13-55)19-37(61)57-17-15-56(16-18-57)28-3-5-30-31(20-28)41(64)59(40(30)63)35-7-8-36(60)53-39(35)62/h3-6,20-24,26,35,51,65H,7-19,25H2,1-2H3,(H,49,52,54)(H,53,60,62). The molecule has 0 saturated carbocycles. The molecule has 24 heteroatoms. The summed E-state index contributed by atoms with van der Waals surface area (Å²) in [5.74, 6) is -3.53. The third-order valence-corrected chi connectivity index (χ3v) is 13.8. The van der Waals surface area contributed by atoms with Gasteiger partial charge < -0.3 is 25.1 Å². The van der Waals surface area contributed by atoms with Crippen molar-refractivity contribution in [2.75, 3.05) is 62.6 Å². The van der Waals surface area contributed by atoms with E-state index in [1.165, 1.54) is 24.7 Å². The van der Waals surface area contributed by atoms with Crippen molar-refractivity contribution >= 4 is 56.9 Å². The summed E-state index contributed by atoms with van der Waals surface area (Å²) in [4.78, 5) is 78.0. The van der Waals surface area contributed by atoms with E-state index < -0.39 is 68.5 Å². The van der Waals surface area contributed by atoms with Gasteiger partial charge in [-0.1, -0.05) is 0 Å². The van der Waals surface area contributed by atoms with Crippen molar-refractivity contribution in [2.24, 2.45) is 5.92 Å². The van der Waals surface area contributed by atoms with E-state index in [-0.39, 0.29) is 71.0 Å². The van der Waals surface area contributed by atoms with Gasteiger partial charge in [-0.25, -0.2) is 27.5 Å². The quantitative estimate of drug-likeness (QED) is 0.105. The van der Waals surface area contributed by atoms with E-state index in [1.54, 1.807) is 18.2 Å². The maximum Gasteiger partial charge on any atom is 0.419 e. The molecule has 8 rings (SSSR count). The van der Waals surface area contributed by atoms with E-state index in [0.29, 0.717) is 64.1 Å². The maximum atomic E-state index is 15.3. The van der Waals surface area contributed by atoms with Crippen LogP contribution in [-0.2, 0) is 37.1 Å². The van der Waals surface area contributed by atoms with Gasteiger partial charge in [-0.2, -0.15) is 18.3 Å². The minimum absolute atomic E-state index is 0.0105. The Morgan fingerprint density at radius 1 is 0.926 bits per heavy atom. The Kier molecular flexibility index (Phi) is 13.4. The summed E-state index contributed by atoms with van der Waals surface area (Å²) in [5.41, 5.74) is -2.11. The number of sulfonamides is 1. The van der Waals surface area contributed by atoms with Crippen molar-refractivity contribution in [1.82, 2.24) is 44.5 Å². The van der Waals surface area contributed by atoms with Crippen molar-refractivity contribution in [3.05, 3.63) is 77.5 Å². The highest BCUT2D eigenvalue weighted by molar-refractivity contribution is 7.89. The lowest BCUT2D eigenvalue weighted by Crippen LogP contribution is -2.54. The zero-order chi connectivity index (χ0) is 48.7. The van der Waals surface area contributed by atoms with Gasteiger partial charge in [-0.15, -0.1) is 0 Å². The van der Waals surface area contributed by atoms with Gasteiger partial charge in [-0.3, -0.25) is 38.9 Å². The summed E-state index contributed by atoms with van der Waals surface area (Å²) in [6.07, 6.45) is 0.0596. The van der Waals surface area contributed by atoms with Gasteiger partial charge in [0.2, 0.25) is 33.7 Å². The average molecular weight is 968 g/mol. The first-order chi connectivity index (χ1) is 32.1. The van der Waals surface area contributed by atoms with Gasteiger partial charge in [0.15, 0.2) is 0 Å². The Labute approximate surface area is 387 Å². The van der Waals surface area contributed by atoms with Crippen molar-refractivity contribution in [3.8, 4) is 11.3 Å². The van der Waals surface area contributed by atoms with Crippen LogP contribution in [0, 0.1) is 11.7 Å². The number of hydrogen-bond donors (Lipinski definition) is 4. The molecule has 5 amide bonds.